The third kappa shape index (κ3) is 1.75. The lowest BCUT2D eigenvalue weighted by Gasteiger charge is -2.40. The van der Waals surface area contributed by atoms with E-state index in [-0.39, 0.29) is 0 Å². The van der Waals surface area contributed by atoms with E-state index < -0.39 is 0 Å². The molecule has 1 aliphatic carbocycles. The molecule has 4 atom stereocenters. The molecule has 76 valence electrons. The lowest BCUT2D eigenvalue weighted by Crippen LogP contribution is -2.49. The molecule has 0 aromatic heterocycles. The maximum Gasteiger partial charge on any atom is 0.0676 e. The van der Waals surface area contributed by atoms with Crippen molar-refractivity contribution < 1.29 is 0 Å². The molecular weight excluding hydrogens is 178 g/mol. The Bertz CT molecular complexity index is 195. The van der Waals surface area contributed by atoms with Gasteiger partial charge in [-0.3, -0.25) is 0 Å². The van der Waals surface area contributed by atoms with E-state index in [0.717, 1.165) is 17.1 Å². The van der Waals surface area contributed by atoms with Gasteiger partial charge in [-0.2, -0.15) is 0 Å². The van der Waals surface area contributed by atoms with Crippen molar-refractivity contribution in [2.45, 2.75) is 50.2 Å². The van der Waals surface area contributed by atoms with Gasteiger partial charge in [0.2, 0.25) is 0 Å². The Morgan fingerprint density at radius 1 is 1.46 bits per heavy atom. The Morgan fingerprint density at radius 3 is 2.62 bits per heavy atom. The van der Waals surface area contributed by atoms with Gasteiger partial charge < -0.3 is 5.32 Å². The summed E-state index contributed by atoms with van der Waals surface area (Å²) in [5, 5.41) is 4.62. The Kier molecular flexibility index (Phi) is 2.63. The molecule has 0 bridgehead atoms. The maximum atomic E-state index is 3.77. The van der Waals surface area contributed by atoms with Crippen LogP contribution in [0.2, 0.25) is 0 Å². The van der Waals surface area contributed by atoms with E-state index in [1.54, 1.807) is 0 Å². The number of hydrogen-bond acceptors (Lipinski definition) is 2. The van der Waals surface area contributed by atoms with Crippen LogP contribution >= 0.6 is 11.8 Å². The van der Waals surface area contributed by atoms with Gasteiger partial charge in [-0.05, 0) is 37.6 Å². The van der Waals surface area contributed by atoms with Crippen LogP contribution < -0.4 is 5.32 Å². The highest BCUT2D eigenvalue weighted by molar-refractivity contribution is 8.01. The van der Waals surface area contributed by atoms with Gasteiger partial charge in [0.05, 0.1) is 4.87 Å². The summed E-state index contributed by atoms with van der Waals surface area (Å²) < 4.78 is 0. The number of rotatable bonds is 2. The SMILES string of the molecule is CCC1(C2CC2C)NCCC(C)S1. The van der Waals surface area contributed by atoms with E-state index in [1.165, 1.54) is 25.8 Å². The van der Waals surface area contributed by atoms with Gasteiger partial charge >= 0.3 is 0 Å². The molecule has 0 amide bonds. The average Bonchev–Trinajstić information content (AvgIpc) is 2.83. The molecule has 0 spiro atoms. The van der Waals surface area contributed by atoms with Gasteiger partial charge in [0.15, 0.2) is 0 Å². The summed E-state index contributed by atoms with van der Waals surface area (Å²) >= 11 is 2.20. The molecule has 0 aromatic carbocycles. The van der Waals surface area contributed by atoms with Gasteiger partial charge in [0.25, 0.3) is 0 Å². The summed E-state index contributed by atoms with van der Waals surface area (Å²) in [5.41, 5.74) is 0. The Labute approximate surface area is 86.0 Å². The highest BCUT2D eigenvalue weighted by Crippen LogP contribution is 2.54. The Morgan fingerprint density at radius 2 is 2.15 bits per heavy atom. The van der Waals surface area contributed by atoms with Crippen LogP contribution in [0.15, 0.2) is 0 Å². The molecule has 0 radical (unpaired) electrons. The van der Waals surface area contributed by atoms with Crippen molar-refractivity contribution in [1.29, 1.82) is 0 Å². The first-order valence-electron chi connectivity index (χ1n) is 5.61. The van der Waals surface area contributed by atoms with Crippen LogP contribution in [0.3, 0.4) is 0 Å². The highest BCUT2D eigenvalue weighted by atomic mass is 32.2. The van der Waals surface area contributed by atoms with Crippen LogP contribution in [0, 0.1) is 11.8 Å². The summed E-state index contributed by atoms with van der Waals surface area (Å²) in [5.74, 6) is 1.91. The predicted molar refractivity (Wildman–Crippen MR) is 60.0 cm³/mol. The first-order chi connectivity index (χ1) is 6.18. The zero-order valence-electron chi connectivity index (χ0n) is 8.97. The van der Waals surface area contributed by atoms with Crippen molar-refractivity contribution in [3.63, 3.8) is 0 Å². The van der Waals surface area contributed by atoms with Crippen LogP contribution in [-0.2, 0) is 0 Å². The fourth-order valence-corrected chi connectivity index (χ4v) is 4.42. The third-order valence-corrected chi connectivity index (χ3v) is 5.41. The third-order valence-electron chi connectivity index (χ3n) is 3.62. The van der Waals surface area contributed by atoms with Gasteiger partial charge in [0.1, 0.15) is 0 Å². The molecule has 4 unspecified atom stereocenters. The first-order valence-corrected chi connectivity index (χ1v) is 6.49. The maximum absolute atomic E-state index is 3.77. The smallest absolute Gasteiger partial charge is 0.0676 e. The summed E-state index contributed by atoms with van der Waals surface area (Å²) in [7, 11) is 0. The number of hydrogen-bond donors (Lipinski definition) is 1. The summed E-state index contributed by atoms with van der Waals surface area (Å²) in [6.07, 6.45) is 4.07. The second-order valence-corrected chi connectivity index (χ2v) is 6.48. The van der Waals surface area contributed by atoms with Crippen molar-refractivity contribution in [2.75, 3.05) is 6.54 Å². The molecule has 2 rings (SSSR count). The molecule has 1 saturated heterocycles. The quantitative estimate of drug-likeness (QED) is 0.734. The lowest BCUT2D eigenvalue weighted by molar-refractivity contribution is 0.371. The van der Waals surface area contributed by atoms with Crippen molar-refractivity contribution in [1.82, 2.24) is 5.32 Å². The number of thioether (sulfide) groups is 1. The summed E-state index contributed by atoms with van der Waals surface area (Å²) in [6.45, 7) is 8.33. The molecule has 1 heterocycles. The van der Waals surface area contributed by atoms with Crippen LogP contribution in [-0.4, -0.2) is 16.7 Å². The summed E-state index contributed by atoms with van der Waals surface area (Å²) in [4.78, 5) is 0.442. The van der Waals surface area contributed by atoms with E-state index >= 15 is 0 Å². The van der Waals surface area contributed by atoms with E-state index in [4.69, 9.17) is 0 Å². The molecule has 1 N–H and O–H groups in total. The zero-order chi connectivity index (χ0) is 9.47. The minimum Gasteiger partial charge on any atom is -0.303 e. The van der Waals surface area contributed by atoms with Crippen molar-refractivity contribution >= 4 is 11.8 Å². The van der Waals surface area contributed by atoms with Gasteiger partial charge in [-0.1, -0.05) is 20.8 Å². The number of nitrogens with one attached hydrogen (secondary N) is 1. The van der Waals surface area contributed by atoms with E-state index in [1.807, 2.05) is 0 Å². The van der Waals surface area contributed by atoms with Gasteiger partial charge in [0, 0.05) is 5.25 Å². The van der Waals surface area contributed by atoms with Gasteiger partial charge in [-0.15, -0.1) is 11.8 Å². The van der Waals surface area contributed by atoms with Crippen molar-refractivity contribution in [3.05, 3.63) is 0 Å². The van der Waals surface area contributed by atoms with E-state index in [9.17, 15) is 0 Å². The molecule has 2 aliphatic rings. The molecule has 0 aromatic rings. The molecule has 2 fully saturated rings. The van der Waals surface area contributed by atoms with Gasteiger partial charge in [-0.25, -0.2) is 0 Å². The molecule has 13 heavy (non-hydrogen) atoms. The average molecular weight is 199 g/mol. The van der Waals surface area contributed by atoms with Crippen LogP contribution in [0.5, 0.6) is 0 Å². The summed E-state index contributed by atoms with van der Waals surface area (Å²) in [6, 6.07) is 0. The lowest BCUT2D eigenvalue weighted by atomic mass is 10.1. The molecular formula is C11H21NS. The van der Waals surface area contributed by atoms with Crippen LogP contribution in [0.25, 0.3) is 0 Å². The monoisotopic (exact) mass is 199 g/mol. The Balaban J connectivity index is 2.05. The normalized spacial score (nSPS) is 50.5. The molecule has 1 nitrogen and oxygen atoms in total. The largest absolute Gasteiger partial charge is 0.303 e. The van der Waals surface area contributed by atoms with Crippen molar-refractivity contribution in [2.24, 2.45) is 11.8 Å². The minimum atomic E-state index is 0.442. The Hall–Kier alpha value is 0.310. The van der Waals surface area contributed by atoms with Crippen molar-refractivity contribution in [3.8, 4) is 0 Å². The minimum absolute atomic E-state index is 0.442. The van der Waals surface area contributed by atoms with Crippen LogP contribution in [0.4, 0.5) is 0 Å². The van der Waals surface area contributed by atoms with E-state index in [0.29, 0.717) is 4.87 Å². The molecule has 1 aliphatic heterocycles. The second-order valence-electron chi connectivity index (χ2n) is 4.71. The fraction of sp³-hybridized carbons (Fsp3) is 1.00. The topological polar surface area (TPSA) is 12.0 Å². The van der Waals surface area contributed by atoms with Crippen LogP contribution in [0.1, 0.15) is 40.0 Å². The predicted octanol–water partition coefficient (Wildman–Crippen LogP) is 2.86. The molecule has 2 heteroatoms. The second kappa shape index (κ2) is 3.47. The first kappa shape index (κ1) is 9.85. The highest BCUT2D eigenvalue weighted by Gasteiger charge is 2.51. The molecule has 1 saturated carbocycles. The van der Waals surface area contributed by atoms with E-state index in [2.05, 4.69) is 37.8 Å². The standard InChI is InChI=1S/C11H21NS/c1-4-11(10-7-8(10)2)12-6-5-9(3)13-11/h8-10,12H,4-7H2,1-3H3. The fourth-order valence-electron chi connectivity index (χ4n) is 2.61. The zero-order valence-corrected chi connectivity index (χ0v) is 9.79.